The van der Waals surface area contributed by atoms with Gasteiger partial charge in [0, 0.05) is 23.9 Å². The first kappa shape index (κ1) is 20.0. The Bertz CT molecular complexity index is 1040. The Morgan fingerprint density at radius 1 is 1.00 bits per heavy atom. The van der Waals surface area contributed by atoms with Gasteiger partial charge in [-0.25, -0.2) is 9.48 Å². The first-order valence-electron chi connectivity index (χ1n) is 9.27. The number of amides is 1. The molecular formula is C22H21N3O4. The zero-order valence-electron chi connectivity index (χ0n) is 16.0. The largest absolute Gasteiger partial charge is 0.456 e. The van der Waals surface area contributed by atoms with Gasteiger partial charge in [0.15, 0.2) is 5.69 Å². The zero-order valence-corrected chi connectivity index (χ0v) is 16.0. The number of carbonyl (C=O) groups is 2. The van der Waals surface area contributed by atoms with Crippen molar-refractivity contribution in [2.24, 2.45) is 0 Å². The van der Waals surface area contributed by atoms with Crippen molar-refractivity contribution in [3.8, 4) is 0 Å². The quantitative estimate of drug-likeness (QED) is 0.625. The monoisotopic (exact) mass is 391 g/mol. The van der Waals surface area contributed by atoms with E-state index in [4.69, 9.17) is 4.74 Å². The fraction of sp³-hybridized carbons (Fsp3) is 0.182. The number of benzene rings is 2. The molecule has 0 atom stereocenters. The highest BCUT2D eigenvalue weighted by Crippen LogP contribution is 2.11. The molecule has 0 unspecified atom stereocenters. The summed E-state index contributed by atoms with van der Waals surface area (Å²) in [5.74, 6) is -0.831. The van der Waals surface area contributed by atoms with Gasteiger partial charge < -0.3 is 10.1 Å². The zero-order chi connectivity index (χ0) is 20.6. The highest BCUT2D eigenvalue weighted by Gasteiger charge is 2.12. The summed E-state index contributed by atoms with van der Waals surface area (Å²) in [7, 11) is 0. The van der Waals surface area contributed by atoms with E-state index in [1.165, 1.54) is 16.8 Å². The van der Waals surface area contributed by atoms with E-state index in [0.717, 1.165) is 12.0 Å². The van der Waals surface area contributed by atoms with Gasteiger partial charge in [-0.3, -0.25) is 9.59 Å². The normalized spacial score (nSPS) is 10.4. The molecule has 3 rings (SSSR count). The van der Waals surface area contributed by atoms with Crippen molar-refractivity contribution in [2.45, 2.75) is 26.5 Å². The van der Waals surface area contributed by atoms with E-state index in [2.05, 4.69) is 10.4 Å². The van der Waals surface area contributed by atoms with Crippen molar-refractivity contribution in [2.75, 3.05) is 5.32 Å². The number of nitrogens with one attached hydrogen (secondary N) is 1. The molecule has 0 aliphatic heterocycles. The molecule has 0 aliphatic carbocycles. The molecular weight excluding hydrogens is 370 g/mol. The molecule has 1 heterocycles. The van der Waals surface area contributed by atoms with Crippen molar-refractivity contribution < 1.29 is 14.3 Å². The van der Waals surface area contributed by atoms with E-state index in [1.807, 2.05) is 37.3 Å². The number of ether oxygens (including phenoxy) is 1. The van der Waals surface area contributed by atoms with Gasteiger partial charge in [-0.15, -0.1) is 0 Å². The third-order valence-electron chi connectivity index (χ3n) is 4.13. The van der Waals surface area contributed by atoms with E-state index in [9.17, 15) is 14.4 Å². The Labute approximate surface area is 168 Å². The minimum atomic E-state index is -0.610. The maximum atomic E-state index is 12.3. The second-order valence-electron chi connectivity index (χ2n) is 6.37. The maximum absolute atomic E-state index is 12.3. The van der Waals surface area contributed by atoms with Crippen LogP contribution >= 0.6 is 0 Å². The smallest absolute Gasteiger partial charge is 0.359 e. The lowest BCUT2D eigenvalue weighted by molar-refractivity contribution is 0.0462. The van der Waals surface area contributed by atoms with Gasteiger partial charge in [-0.05, 0) is 42.3 Å². The third kappa shape index (κ3) is 5.38. The molecule has 0 saturated carbocycles. The minimum absolute atomic E-state index is 0.0357. The lowest BCUT2D eigenvalue weighted by Gasteiger charge is -2.08. The molecule has 0 fully saturated rings. The van der Waals surface area contributed by atoms with Gasteiger partial charge in [0.2, 0.25) is 0 Å². The Morgan fingerprint density at radius 3 is 2.41 bits per heavy atom. The molecule has 0 saturated heterocycles. The summed E-state index contributed by atoms with van der Waals surface area (Å²) in [5.41, 5.74) is 1.77. The van der Waals surface area contributed by atoms with E-state index >= 15 is 0 Å². The molecule has 1 aromatic heterocycles. The third-order valence-corrected chi connectivity index (χ3v) is 4.13. The van der Waals surface area contributed by atoms with E-state index < -0.39 is 5.97 Å². The second-order valence-corrected chi connectivity index (χ2v) is 6.37. The maximum Gasteiger partial charge on any atom is 0.359 e. The predicted molar refractivity (Wildman–Crippen MR) is 109 cm³/mol. The number of hydrogen-bond acceptors (Lipinski definition) is 5. The summed E-state index contributed by atoms with van der Waals surface area (Å²) >= 11 is 0. The highest BCUT2D eigenvalue weighted by atomic mass is 16.5. The molecule has 0 radical (unpaired) electrons. The summed E-state index contributed by atoms with van der Waals surface area (Å²) in [6, 6.07) is 18.6. The van der Waals surface area contributed by atoms with Crippen molar-refractivity contribution in [3.05, 3.63) is 93.9 Å². The first-order chi connectivity index (χ1) is 14.1. The fourth-order valence-electron chi connectivity index (χ4n) is 2.63. The van der Waals surface area contributed by atoms with Crippen LogP contribution in [0.25, 0.3) is 0 Å². The number of anilines is 1. The van der Waals surface area contributed by atoms with Crippen LogP contribution in [0.5, 0.6) is 0 Å². The standard InChI is InChI=1S/C22H21N3O4/c1-2-14-25-20(26)13-12-19(24-25)22(28)29-15-16-8-10-17(11-9-16)21(27)23-18-6-4-3-5-7-18/h3-13H,2,14-15H2,1H3,(H,23,27). The molecule has 29 heavy (non-hydrogen) atoms. The summed E-state index contributed by atoms with van der Waals surface area (Å²) in [4.78, 5) is 36.1. The first-order valence-corrected chi connectivity index (χ1v) is 9.27. The van der Waals surface area contributed by atoms with Crippen LogP contribution in [-0.4, -0.2) is 21.7 Å². The van der Waals surface area contributed by atoms with Crippen molar-refractivity contribution in [1.82, 2.24) is 9.78 Å². The fourth-order valence-corrected chi connectivity index (χ4v) is 2.63. The molecule has 7 heteroatoms. The average Bonchev–Trinajstić information content (AvgIpc) is 2.75. The predicted octanol–water partition coefficient (Wildman–Crippen LogP) is 3.26. The second kappa shape index (κ2) is 9.45. The number of rotatable bonds is 7. The van der Waals surface area contributed by atoms with Gasteiger partial charge in [0.05, 0.1) is 0 Å². The van der Waals surface area contributed by atoms with Crippen LogP contribution in [0.1, 0.15) is 39.8 Å². The van der Waals surface area contributed by atoms with Gasteiger partial charge in [-0.2, -0.15) is 5.10 Å². The number of aromatic nitrogens is 2. The van der Waals surface area contributed by atoms with E-state index in [0.29, 0.717) is 17.8 Å². The summed E-state index contributed by atoms with van der Waals surface area (Å²) < 4.78 is 6.51. The van der Waals surface area contributed by atoms with E-state index in [-0.39, 0.29) is 23.8 Å². The van der Waals surface area contributed by atoms with Gasteiger partial charge in [0.25, 0.3) is 11.5 Å². The number of esters is 1. The molecule has 1 N–H and O–H groups in total. The molecule has 2 aromatic carbocycles. The van der Waals surface area contributed by atoms with Crippen LogP contribution in [0.15, 0.2) is 71.5 Å². The topological polar surface area (TPSA) is 90.3 Å². The molecule has 0 bridgehead atoms. The summed E-state index contributed by atoms with van der Waals surface area (Å²) in [6.45, 7) is 2.39. The number of para-hydroxylation sites is 1. The lowest BCUT2D eigenvalue weighted by Crippen LogP contribution is -2.24. The Balaban J connectivity index is 1.58. The molecule has 0 spiro atoms. The van der Waals surface area contributed by atoms with Crippen molar-refractivity contribution in [1.29, 1.82) is 0 Å². The average molecular weight is 391 g/mol. The number of carbonyl (C=O) groups excluding carboxylic acids is 2. The number of nitrogens with zero attached hydrogens (tertiary/aromatic N) is 2. The van der Waals surface area contributed by atoms with Crippen LogP contribution < -0.4 is 10.9 Å². The van der Waals surface area contributed by atoms with Crippen LogP contribution in [-0.2, 0) is 17.9 Å². The van der Waals surface area contributed by atoms with Crippen LogP contribution in [0.3, 0.4) is 0 Å². The van der Waals surface area contributed by atoms with Gasteiger partial charge in [0.1, 0.15) is 6.61 Å². The van der Waals surface area contributed by atoms with Crippen LogP contribution in [0, 0.1) is 0 Å². The van der Waals surface area contributed by atoms with Crippen LogP contribution in [0.4, 0.5) is 5.69 Å². The molecule has 0 aliphatic rings. The highest BCUT2D eigenvalue weighted by molar-refractivity contribution is 6.04. The Morgan fingerprint density at radius 2 is 1.72 bits per heavy atom. The van der Waals surface area contributed by atoms with E-state index in [1.54, 1.807) is 24.3 Å². The van der Waals surface area contributed by atoms with Crippen LogP contribution in [0.2, 0.25) is 0 Å². The van der Waals surface area contributed by atoms with Crippen molar-refractivity contribution >= 4 is 17.6 Å². The lowest BCUT2D eigenvalue weighted by atomic mass is 10.1. The molecule has 3 aromatic rings. The summed E-state index contributed by atoms with van der Waals surface area (Å²) in [5, 5.41) is 6.84. The van der Waals surface area contributed by atoms with Crippen molar-refractivity contribution in [3.63, 3.8) is 0 Å². The number of aryl methyl sites for hydroxylation is 1. The minimum Gasteiger partial charge on any atom is -0.456 e. The Hall–Kier alpha value is -3.74. The van der Waals surface area contributed by atoms with Gasteiger partial charge >= 0.3 is 5.97 Å². The SMILES string of the molecule is CCCn1nc(C(=O)OCc2ccc(C(=O)Nc3ccccc3)cc2)ccc1=O. The Kier molecular flexibility index (Phi) is 6.52. The van der Waals surface area contributed by atoms with Gasteiger partial charge in [-0.1, -0.05) is 37.3 Å². The molecule has 148 valence electrons. The summed E-state index contributed by atoms with van der Waals surface area (Å²) in [6.07, 6.45) is 0.732. The molecule has 7 nitrogen and oxygen atoms in total. The molecule has 1 amide bonds. The number of hydrogen-bond donors (Lipinski definition) is 1.